The number of urea groups is 1. The fraction of sp³-hybridized carbons (Fsp3) is 0.278. The standard InChI is InChI=1S/C18H21N3O4/c22-18(20-16-8-4-9-17(14-16)21(23)24)19-11-5-12-25-13-10-15-6-2-1-3-7-15/h1-4,6-9,14H,5,10-13H2,(H2,19,20,22). The van der Waals surface area contributed by atoms with Gasteiger partial charge >= 0.3 is 6.03 Å². The van der Waals surface area contributed by atoms with E-state index in [2.05, 4.69) is 22.8 Å². The molecule has 0 fully saturated rings. The van der Waals surface area contributed by atoms with Gasteiger partial charge in [0.15, 0.2) is 0 Å². The zero-order chi connectivity index (χ0) is 17.9. The molecule has 0 heterocycles. The quantitative estimate of drug-likeness (QED) is 0.415. The summed E-state index contributed by atoms with van der Waals surface area (Å²) in [5.41, 5.74) is 1.55. The smallest absolute Gasteiger partial charge is 0.319 e. The number of rotatable bonds is 9. The van der Waals surface area contributed by atoms with Crippen molar-refractivity contribution in [2.75, 3.05) is 25.1 Å². The number of amides is 2. The van der Waals surface area contributed by atoms with Crippen molar-refractivity contribution in [1.29, 1.82) is 0 Å². The van der Waals surface area contributed by atoms with Gasteiger partial charge in [-0.2, -0.15) is 0 Å². The van der Waals surface area contributed by atoms with E-state index >= 15 is 0 Å². The van der Waals surface area contributed by atoms with Gasteiger partial charge in [-0.05, 0) is 24.5 Å². The summed E-state index contributed by atoms with van der Waals surface area (Å²) in [7, 11) is 0. The number of benzene rings is 2. The van der Waals surface area contributed by atoms with Gasteiger partial charge in [-0.3, -0.25) is 10.1 Å². The molecule has 0 atom stereocenters. The lowest BCUT2D eigenvalue weighted by Gasteiger charge is -2.08. The number of hydrogen-bond acceptors (Lipinski definition) is 4. The Labute approximate surface area is 146 Å². The van der Waals surface area contributed by atoms with E-state index in [9.17, 15) is 14.9 Å². The molecule has 0 radical (unpaired) electrons. The normalized spacial score (nSPS) is 10.2. The summed E-state index contributed by atoms with van der Waals surface area (Å²) in [4.78, 5) is 21.9. The predicted octanol–water partition coefficient (Wildman–Crippen LogP) is 3.37. The van der Waals surface area contributed by atoms with Gasteiger partial charge in [-0.1, -0.05) is 36.4 Å². The minimum atomic E-state index is -0.504. The number of nitro benzene ring substituents is 1. The summed E-state index contributed by atoms with van der Waals surface area (Å²) in [6, 6.07) is 15.5. The first kappa shape index (κ1) is 18.4. The number of non-ortho nitro benzene ring substituents is 1. The second kappa shape index (κ2) is 10.0. The third kappa shape index (κ3) is 7.01. The van der Waals surface area contributed by atoms with E-state index in [1.807, 2.05) is 18.2 Å². The number of ether oxygens (including phenoxy) is 1. The molecule has 0 saturated carbocycles. The average Bonchev–Trinajstić information content (AvgIpc) is 2.62. The summed E-state index contributed by atoms with van der Waals surface area (Å²) in [5.74, 6) is 0. The van der Waals surface area contributed by atoms with Crippen LogP contribution in [0.2, 0.25) is 0 Å². The first-order chi connectivity index (χ1) is 12.1. The maximum Gasteiger partial charge on any atom is 0.319 e. The van der Waals surface area contributed by atoms with Crippen LogP contribution in [0.5, 0.6) is 0 Å². The Kier molecular flexibility index (Phi) is 7.40. The second-order valence-electron chi connectivity index (χ2n) is 5.39. The van der Waals surface area contributed by atoms with Crippen molar-refractivity contribution in [2.45, 2.75) is 12.8 Å². The van der Waals surface area contributed by atoms with Gasteiger partial charge in [-0.15, -0.1) is 0 Å². The monoisotopic (exact) mass is 343 g/mol. The molecule has 0 bridgehead atoms. The van der Waals surface area contributed by atoms with Crippen LogP contribution in [-0.2, 0) is 11.2 Å². The molecule has 0 spiro atoms. The van der Waals surface area contributed by atoms with Crippen molar-refractivity contribution in [3.63, 3.8) is 0 Å². The van der Waals surface area contributed by atoms with Crippen LogP contribution in [0, 0.1) is 10.1 Å². The molecule has 0 aromatic heterocycles. The maximum atomic E-state index is 11.7. The van der Waals surface area contributed by atoms with Crippen molar-refractivity contribution in [2.24, 2.45) is 0 Å². The molecule has 2 aromatic rings. The van der Waals surface area contributed by atoms with Crippen molar-refractivity contribution >= 4 is 17.4 Å². The number of nitrogens with zero attached hydrogens (tertiary/aromatic N) is 1. The van der Waals surface area contributed by atoms with Crippen LogP contribution in [0.25, 0.3) is 0 Å². The summed E-state index contributed by atoms with van der Waals surface area (Å²) in [6.45, 7) is 1.67. The van der Waals surface area contributed by atoms with Crippen LogP contribution >= 0.6 is 0 Å². The number of anilines is 1. The molecule has 0 saturated heterocycles. The molecular formula is C18H21N3O4. The van der Waals surface area contributed by atoms with Crippen LogP contribution in [0.1, 0.15) is 12.0 Å². The second-order valence-corrected chi connectivity index (χ2v) is 5.39. The lowest BCUT2D eigenvalue weighted by atomic mass is 10.2. The summed E-state index contributed by atoms with van der Waals surface area (Å²) >= 11 is 0. The van der Waals surface area contributed by atoms with E-state index in [4.69, 9.17) is 4.74 Å². The molecule has 2 aromatic carbocycles. The molecule has 2 N–H and O–H groups in total. The Hall–Kier alpha value is -2.93. The number of carbonyl (C=O) groups is 1. The van der Waals surface area contributed by atoms with Crippen LogP contribution in [-0.4, -0.2) is 30.7 Å². The SMILES string of the molecule is O=C(NCCCOCCc1ccccc1)Nc1cccc([N+](=O)[O-])c1. The first-order valence-corrected chi connectivity index (χ1v) is 8.06. The Bertz CT molecular complexity index is 692. The molecule has 0 aliphatic heterocycles. The fourth-order valence-corrected chi connectivity index (χ4v) is 2.19. The molecule has 2 rings (SSSR count). The molecule has 132 valence electrons. The van der Waals surface area contributed by atoms with Crippen LogP contribution in [0.3, 0.4) is 0 Å². The van der Waals surface area contributed by atoms with Crippen molar-refractivity contribution in [3.05, 3.63) is 70.3 Å². The van der Waals surface area contributed by atoms with Gasteiger partial charge in [0, 0.05) is 31.0 Å². The fourth-order valence-electron chi connectivity index (χ4n) is 2.19. The predicted molar refractivity (Wildman–Crippen MR) is 95.7 cm³/mol. The summed E-state index contributed by atoms with van der Waals surface area (Å²) in [5, 5.41) is 15.9. The van der Waals surface area contributed by atoms with Crippen molar-refractivity contribution in [1.82, 2.24) is 5.32 Å². The lowest BCUT2D eigenvalue weighted by Crippen LogP contribution is -2.30. The highest BCUT2D eigenvalue weighted by Crippen LogP contribution is 2.16. The number of carbonyl (C=O) groups excluding carboxylic acids is 1. The van der Waals surface area contributed by atoms with Gasteiger partial charge in [0.25, 0.3) is 5.69 Å². The van der Waals surface area contributed by atoms with Crippen molar-refractivity contribution in [3.8, 4) is 0 Å². The van der Waals surface area contributed by atoms with Crippen LogP contribution in [0.4, 0.5) is 16.2 Å². The Morgan fingerprint density at radius 1 is 1.08 bits per heavy atom. The average molecular weight is 343 g/mol. The van der Waals surface area contributed by atoms with Gasteiger partial charge < -0.3 is 15.4 Å². The van der Waals surface area contributed by atoms with Gasteiger partial charge in [0.1, 0.15) is 0 Å². The molecule has 0 aliphatic rings. The van der Waals surface area contributed by atoms with Gasteiger partial charge in [0.05, 0.1) is 11.5 Å². The van der Waals surface area contributed by atoms with Crippen LogP contribution in [0.15, 0.2) is 54.6 Å². The van der Waals surface area contributed by atoms with Crippen LogP contribution < -0.4 is 10.6 Å². The minimum absolute atomic E-state index is 0.0652. The highest BCUT2D eigenvalue weighted by atomic mass is 16.6. The third-order valence-electron chi connectivity index (χ3n) is 3.44. The van der Waals surface area contributed by atoms with Crippen molar-refractivity contribution < 1.29 is 14.5 Å². The highest BCUT2D eigenvalue weighted by molar-refractivity contribution is 5.89. The van der Waals surface area contributed by atoms with Gasteiger partial charge in [-0.25, -0.2) is 4.79 Å². The first-order valence-electron chi connectivity index (χ1n) is 8.06. The Morgan fingerprint density at radius 2 is 1.88 bits per heavy atom. The number of nitrogens with one attached hydrogen (secondary N) is 2. The molecule has 25 heavy (non-hydrogen) atoms. The third-order valence-corrected chi connectivity index (χ3v) is 3.44. The largest absolute Gasteiger partial charge is 0.381 e. The highest BCUT2D eigenvalue weighted by Gasteiger charge is 2.07. The number of hydrogen-bond donors (Lipinski definition) is 2. The molecule has 0 aliphatic carbocycles. The molecule has 7 heteroatoms. The van der Waals surface area contributed by atoms with E-state index in [1.54, 1.807) is 6.07 Å². The summed E-state index contributed by atoms with van der Waals surface area (Å²) < 4.78 is 5.53. The molecule has 0 unspecified atom stereocenters. The van der Waals surface area contributed by atoms with E-state index in [-0.39, 0.29) is 5.69 Å². The Balaban J connectivity index is 1.56. The van der Waals surface area contributed by atoms with Gasteiger partial charge in [0.2, 0.25) is 0 Å². The lowest BCUT2D eigenvalue weighted by molar-refractivity contribution is -0.384. The van der Waals surface area contributed by atoms with E-state index < -0.39 is 11.0 Å². The van der Waals surface area contributed by atoms with E-state index in [0.717, 1.165) is 6.42 Å². The maximum absolute atomic E-state index is 11.7. The number of nitro groups is 1. The zero-order valence-electron chi connectivity index (χ0n) is 13.8. The zero-order valence-corrected chi connectivity index (χ0v) is 13.8. The summed E-state index contributed by atoms with van der Waals surface area (Å²) in [6.07, 6.45) is 1.55. The molecule has 7 nitrogen and oxygen atoms in total. The molecule has 2 amide bonds. The molecular weight excluding hydrogens is 322 g/mol. The minimum Gasteiger partial charge on any atom is -0.381 e. The topological polar surface area (TPSA) is 93.5 Å². The Morgan fingerprint density at radius 3 is 2.64 bits per heavy atom. The van der Waals surface area contributed by atoms with E-state index in [0.29, 0.717) is 31.9 Å². The van der Waals surface area contributed by atoms with E-state index in [1.165, 1.54) is 23.8 Å².